The summed E-state index contributed by atoms with van der Waals surface area (Å²) in [5, 5.41) is 7.04. The van der Waals surface area contributed by atoms with Crippen LogP contribution in [0, 0.1) is 0 Å². The van der Waals surface area contributed by atoms with Crippen LogP contribution in [0.5, 0.6) is 0 Å². The van der Waals surface area contributed by atoms with E-state index in [0.29, 0.717) is 6.54 Å². The quantitative estimate of drug-likeness (QED) is 0.703. The van der Waals surface area contributed by atoms with Crippen LogP contribution in [-0.2, 0) is 16.6 Å². The molecular formula is C9H15N3O2. The molecule has 0 bridgehead atoms. The largest absolute Gasteiger partial charge is 0.468 e. The minimum absolute atomic E-state index is 0.292. The Hall–Kier alpha value is -1.36. The second-order valence-electron chi connectivity index (χ2n) is 2.96. The number of aryl methyl sites for hydroxylation is 1. The van der Waals surface area contributed by atoms with Gasteiger partial charge >= 0.3 is 5.97 Å². The molecule has 1 heterocycles. The zero-order valence-electron chi connectivity index (χ0n) is 8.65. The van der Waals surface area contributed by atoms with Crippen molar-refractivity contribution in [2.24, 2.45) is 7.05 Å². The molecule has 0 fully saturated rings. The predicted octanol–water partition coefficient (Wildman–Crippen LogP) is 0.244. The van der Waals surface area contributed by atoms with Gasteiger partial charge in [-0.25, -0.2) is 4.79 Å². The van der Waals surface area contributed by atoms with Crippen LogP contribution in [0.15, 0.2) is 12.4 Å². The average Bonchev–Trinajstić information content (AvgIpc) is 2.60. The van der Waals surface area contributed by atoms with Gasteiger partial charge in [0.15, 0.2) is 0 Å². The van der Waals surface area contributed by atoms with Gasteiger partial charge in [-0.1, -0.05) is 6.92 Å². The maximum absolute atomic E-state index is 11.4. The van der Waals surface area contributed by atoms with E-state index in [1.54, 1.807) is 17.1 Å². The number of rotatable bonds is 4. The van der Waals surface area contributed by atoms with Gasteiger partial charge in [-0.05, 0) is 6.54 Å². The molecule has 14 heavy (non-hydrogen) atoms. The Morgan fingerprint density at radius 3 is 2.93 bits per heavy atom. The number of ether oxygens (including phenoxy) is 1. The summed E-state index contributed by atoms with van der Waals surface area (Å²) in [7, 11) is 3.19. The van der Waals surface area contributed by atoms with Gasteiger partial charge in [0, 0.05) is 18.8 Å². The monoisotopic (exact) mass is 197 g/mol. The fourth-order valence-electron chi connectivity index (χ4n) is 1.25. The van der Waals surface area contributed by atoms with E-state index in [9.17, 15) is 4.79 Å². The normalized spacial score (nSPS) is 12.5. The third-order valence-corrected chi connectivity index (χ3v) is 1.90. The number of hydrogen-bond donors (Lipinski definition) is 1. The smallest absolute Gasteiger partial charge is 0.327 e. The van der Waals surface area contributed by atoms with E-state index < -0.39 is 6.04 Å². The van der Waals surface area contributed by atoms with Crippen LogP contribution in [0.4, 0.5) is 0 Å². The lowest BCUT2D eigenvalue weighted by Crippen LogP contribution is -2.29. The lowest BCUT2D eigenvalue weighted by Gasteiger charge is -2.12. The SMILES string of the molecule is CCNC(C(=O)OC)c1cnn(C)c1. The molecule has 5 heteroatoms. The highest BCUT2D eigenvalue weighted by Gasteiger charge is 2.21. The van der Waals surface area contributed by atoms with Crippen molar-refractivity contribution in [1.29, 1.82) is 0 Å². The number of hydrogen-bond acceptors (Lipinski definition) is 4. The standard InChI is InChI=1S/C9H15N3O2/c1-4-10-8(9(13)14-3)7-5-11-12(2)6-7/h5-6,8,10H,4H2,1-3H3. The van der Waals surface area contributed by atoms with Crippen LogP contribution in [0.2, 0.25) is 0 Å². The van der Waals surface area contributed by atoms with E-state index in [0.717, 1.165) is 5.56 Å². The summed E-state index contributed by atoms with van der Waals surface area (Å²) in [4.78, 5) is 11.4. The zero-order chi connectivity index (χ0) is 10.6. The molecule has 1 N–H and O–H groups in total. The average molecular weight is 197 g/mol. The number of likely N-dealkylation sites (N-methyl/N-ethyl adjacent to an activating group) is 1. The molecule has 0 aliphatic heterocycles. The number of nitrogens with zero attached hydrogens (tertiary/aromatic N) is 2. The van der Waals surface area contributed by atoms with E-state index in [2.05, 4.69) is 10.4 Å². The lowest BCUT2D eigenvalue weighted by atomic mass is 10.1. The first kappa shape index (κ1) is 10.7. The van der Waals surface area contributed by atoms with E-state index in [4.69, 9.17) is 4.74 Å². The lowest BCUT2D eigenvalue weighted by molar-refractivity contribution is -0.143. The number of carbonyl (C=O) groups is 1. The summed E-state index contributed by atoms with van der Waals surface area (Å²) >= 11 is 0. The third kappa shape index (κ3) is 2.32. The number of carbonyl (C=O) groups excluding carboxylic acids is 1. The first-order chi connectivity index (χ1) is 6.69. The maximum atomic E-state index is 11.4. The van der Waals surface area contributed by atoms with Crippen molar-refractivity contribution in [1.82, 2.24) is 15.1 Å². The highest BCUT2D eigenvalue weighted by molar-refractivity contribution is 5.77. The summed E-state index contributed by atoms with van der Waals surface area (Å²) in [6.07, 6.45) is 3.45. The minimum Gasteiger partial charge on any atom is -0.468 e. The molecule has 0 aliphatic carbocycles. The molecule has 78 valence electrons. The van der Waals surface area contributed by atoms with E-state index >= 15 is 0 Å². The molecular weight excluding hydrogens is 182 g/mol. The minimum atomic E-state index is -0.418. The topological polar surface area (TPSA) is 56.1 Å². The first-order valence-electron chi connectivity index (χ1n) is 4.48. The fraction of sp³-hybridized carbons (Fsp3) is 0.556. The van der Waals surface area contributed by atoms with E-state index in [1.807, 2.05) is 14.0 Å². The second kappa shape index (κ2) is 4.76. The Bertz CT molecular complexity index is 309. The van der Waals surface area contributed by atoms with Gasteiger partial charge in [0.25, 0.3) is 0 Å². The number of aromatic nitrogens is 2. The molecule has 0 aliphatic rings. The van der Waals surface area contributed by atoms with Crippen molar-refractivity contribution in [3.05, 3.63) is 18.0 Å². The van der Waals surface area contributed by atoms with Crippen molar-refractivity contribution >= 4 is 5.97 Å². The third-order valence-electron chi connectivity index (χ3n) is 1.90. The Balaban J connectivity index is 2.82. The molecule has 0 spiro atoms. The Morgan fingerprint density at radius 1 is 1.79 bits per heavy atom. The van der Waals surface area contributed by atoms with Crippen LogP contribution < -0.4 is 5.32 Å². The zero-order valence-corrected chi connectivity index (χ0v) is 8.65. The molecule has 1 aromatic heterocycles. The van der Waals surface area contributed by atoms with E-state index in [-0.39, 0.29) is 5.97 Å². The van der Waals surface area contributed by atoms with Gasteiger partial charge in [-0.15, -0.1) is 0 Å². The summed E-state index contributed by atoms with van der Waals surface area (Å²) in [6.45, 7) is 2.64. The number of nitrogens with one attached hydrogen (secondary N) is 1. The molecule has 1 unspecified atom stereocenters. The molecule has 0 radical (unpaired) electrons. The highest BCUT2D eigenvalue weighted by Crippen LogP contribution is 2.12. The molecule has 0 amide bonds. The highest BCUT2D eigenvalue weighted by atomic mass is 16.5. The van der Waals surface area contributed by atoms with Crippen LogP contribution in [0.1, 0.15) is 18.5 Å². The van der Waals surface area contributed by atoms with Gasteiger partial charge in [-0.2, -0.15) is 5.10 Å². The van der Waals surface area contributed by atoms with Gasteiger partial charge in [0.05, 0.1) is 13.3 Å². The number of esters is 1. The second-order valence-corrected chi connectivity index (χ2v) is 2.96. The molecule has 0 saturated carbocycles. The first-order valence-corrected chi connectivity index (χ1v) is 4.48. The van der Waals surface area contributed by atoms with Crippen molar-refractivity contribution in [3.63, 3.8) is 0 Å². The molecule has 0 aromatic carbocycles. The Kier molecular flexibility index (Phi) is 3.64. The van der Waals surface area contributed by atoms with Gasteiger partial charge in [-0.3, -0.25) is 4.68 Å². The predicted molar refractivity (Wildman–Crippen MR) is 51.6 cm³/mol. The Morgan fingerprint density at radius 2 is 2.50 bits per heavy atom. The van der Waals surface area contributed by atoms with Crippen molar-refractivity contribution in [2.45, 2.75) is 13.0 Å². The fourth-order valence-corrected chi connectivity index (χ4v) is 1.25. The maximum Gasteiger partial charge on any atom is 0.327 e. The van der Waals surface area contributed by atoms with Crippen LogP contribution in [-0.4, -0.2) is 29.4 Å². The van der Waals surface area contributed by atoms with Crippen LogP contribution >= 0.6 is 0 Å². The molecule has 1 atom stereocenters. The summed E-state index contributed by atoms with van der Waals surface area (Å²) in [5.74, 6) is -0.292. The number of methoxy groups -OCH3 is 1. The van der Waals surface area contributed by atoms with Gasteiger partial charge < -0.3 is 10.1 Å². The summed E-state index contributed by atoms with van der Waals surface area (Å²) in [5.41, 5.74) is 0.821. The van der Waals surface area contributed by atoms with Gasteiger partial charge in [0.1, 0.15) is 6.04 Å². The summed E-state index contributed by atoms with van der Waals surface area (Å²) < 4.78 is 6.35. The molecule has 1 rings (SSSR count). The van der Waals surface area contributed by atoms with E-state index in [1.165, 1.54) is 7.11 Å². The molecule has 1 aromatic rings. The molecule has 0 saturated heterocycles. The summed E-state index contributed by atoms with van der Waals surface area (Å²) in [6, 6.07) is -0.418. The van der Waals surface area contributed by atoms with Crippen molar-refractivity contribution in [2.75, 3.05) is 13.7 Å². The van der Waals surface area contributed by atoms with Crippen molar-refractivity contribution in [3.8, 4) is 0 Å². The van der Waals surface area contributed by atoms with Gasteiger partial charge in [0.2, 0.25) is 0 Å². The Labute approximate surface area is 83.1 Å². The van der Waals surface area contributed by atoms with Crippen molar-refractivity contribution < 1.29 is 9.53 Å². The van der Waals surface area contributed by atoms with Crippen LogP contribution in [0.25, 0.3) is 0 Å². The van der Waals surface area contributed by atoms with Crippen LogP contribution in [0.3, 0.4) is 0 Å². The molecule has 5 nitrogen and oxygen atoms in total.